The molecular formula is C12H16F3N3O2S. The summed E-state index contributed by atoms with van der Waals surface area (Å²) in [4.78, 5) is 2.88. The first-order valence-corrected chi connectivity index (χ1v) is 8.01. The number of nitrogens with zero attached hydrogens (tertiary/aromatic N) is 1. The van der Waals surface area contributed by atoms with Crippen LogP contribution in [0.1, 0.15) is 18.5 Å². The second-order valence-corrected chi connectivity index (χ2v) is 6.69. The fourth-order valence-corrected chi connectivity index (χ4v) is 3.14. The number of rotatable bonds is 5. The summed E-state index contributed by atoms with van der Waals surface area (Å²) in [6.45, 7) is 2.06. The molecule has 21 heavy (non-hydrogen) atoms. The third-order valence-electron chi connectivity index (χ3n) is 3.34. The molecule has 1 aliphatic heterocycles. The van der Waals surface area contributed by atoms with Gasteiger partial charge >= 0.3 is 6.18 Å². The van der Waals surface area contributed by atoms with E-state index in [1.807, 2.05) is 0 Å². The predicted octanol–water partition coefficient (Wildman–Crippen LogP) is 1.38. The van der Waals surface area contributed by atoms with E-state index in [1.54, 1.807) is 0 Å². The summed E-state index contributed by atoms with van der Waals surface area (Å²) in [5.74, 6) is 0.429. The molecule has 0 radical (unpaired) electrons. The molecule has 1 atom stereocenters. The normalized spacial score (nSPS) is 19.9. The Kier molecular flexibility index (Phi) is 4.84. The van der Waals surface area contributed by atoms with Crippen molar-refractivity contribution in [3.8, 4) is 0 Å². The fourth-order valence-electron chi connectivity index (χ4n) is 2.15. The van der Waals surface area contributed by atoms with Crippen LogP contribution in [-0.4, -0.2) is 33.0 Å². The van der Waals surface area contributed by atoms with Gasteiger partial charge in [0.1, 0.15) is 10.6 Å². The average Bonchev–Trinajstić information content (AvgIpc) is 2.91. The van der Waals surface area contributed by atoms with Gasteiger partial charge in [-0.3, -0.25) is 4.98 Å². The molecule has 1 fully saturated rings. The molecule has 0 amide bonds. The van der Waals surface area contributed by atoms with Gasteiger partial charge in [0.25, 0.3) is 0 Å². The van der Waals surface area contributed by atoms with E-state index in [2.05, 4.69) is 15.0 Å². The molecular weight excluding hydrogens is 307 g/mol. The van der Waals surface area contributed by atoms with Crippen LogP contribution in [0.25, 0.3) is 0 Å². The van der Waals surface area contributed by atoms with Crippen molar-refractivity contribution >= 4 is 10.0 Å². The van der Waals surface area contributed by atoms with Crippen molar-refractivity contribution in [3.05, 3.63) is 24.0 Å². The molecule has 2 N–H and O–H groups in total. The van der Waals surface area contributed by atoms with Crippen LogP contribution in [0, 0.1) is 5.92 Å². The number of hydrogen-bond donors (Lipinski definition) is 2. The molecule has 1 aliphatic rings. The Labute approximate surface area is 121 Å². The Bertz CT molecular complexity index is 566. The van der Waals surface area contributed by atoms with Gasteiger partial charge in [-0.15, -0.1) is 0 Å². The first-order chi connectivity index (χ1) is 9.79. The molecule has 0 aromatic carbocycles. The van der Waals surface area contributed by atoms with Gasteiger partial charge in [-0.1, -0.05) is 0 Å². The minimum atomic E-state index is -4.58. The number of nitrogens with one attached hydrogen (secondary N) is 2. The van der Waals surface area contributed by atoms with Crippen LogP contribution < -0.4 is 10.0 Å². The highest BCUT2D eigenvalue weighted by molar-refractivity contribution is 7.89. The van der Waals surface area contributed by atoms with Gasteiger partial charge in [-0.05, 0) is 44.0 Å². The number of hydrogen-bond acceptors (Lipinski definition) is 4. The maximum absolute atomic E-state index is 12.4. The summed E-state index contributed by atoms with van der Waals surface area (Å²) >= 11 is 0. The number of pyridine rings is 1. The SMILES string of the molecule is O=S(=O)(NCCC1CCNC1)c1ccc(C(F)(F)F)nc1. The van der Waals surface area contributed by atoms with E-state index in [1.165, 1.54) is 0 Å². The van der Waals surface area contributed by atoms with E-state index in [4.69, 9.17) is 0 Å². The molecule has 0 bridgehead atoms. The van der Waals surface area contributed by atoms with E-state index >= 15 is 0 Å². The van der Waals surface area contributed by atoms with Crippen molar-refractivity contribution < 1.29 is 21.6 Å². The molecule has 5 nitrogen and oxygen atoms in total. The van der Waals surface area contributed by atoms with Crippen molar-refractivity contribution in [2.24, 2.45) is 5.92 Å². The zero-order valence-electron chi connectivity index (χ0n) is 11.2. The first-order valence-electron chi connectivity index (χ1n) is 6.53. The lowest BCUT2D eigenvalue weighted by molar-refractivity contribution is -0.141. The summed E-state index contributed by atoms with van der Waals surface area (Å²) in [5, 5.41) is 3.18. The van der Waals surface area contributed by atoms with E-state index in [0.717, 1.165) is 31.8 Å². The quantitative estimate of drug-likeness (QED) is 0.859. The topological polar surface area (TPSA) is 71.1 Å². The fraction of sp³-hybridized carbons (Fsp3) is 0.583. The standard InChI is InChI=1S/C12H16F3N3O2S/c13-12(14,15)11-2-1-10(8-17-11)21(19,20)18-6-4-9-3-5-16-7-9/h1-2,8-9,16,18H,3-7H2. The van der Waals surface area contributed by atoms with Crippen LogP contribution in [0.2, 0.25) is 0 Å². The minimum Gasteiger partial charge on any atom is -0.316 e. The third kappa shape index (κ3) is 4.39. The number of halogens is 3. The zero-order chi connectivity index (χ0) is 15.5. The van der Waals surface area contributed by atoms with E-state index in [9.17, 15) is 21.6 Å². The summed E-state index contributed by atoms with van der Waals surface area (Å²) in [6, 6.07) is 1.57. The molecule has 1 aromatic heterocycles. The maximum Gasteiger partial charge on any atom is 0.433 e. The molecule has 1 unspecified atom stereocenters. The summed E-state index contributed by atoms with van der Waals surface area (Å²) in [6.07, 6.45) is -2.16. The molecule has 1 aromatic rings. The maximum atomic E-state index is 12.4. The lowest BCUT2D eigenvalue weighted by atomic mass is 10.1. The highest BCUT2D eigenvalue weighted by Crippen LogP contribution is 2.27. The second-order valence-electron chi connectivity index (χ2n) is 4.92. The highest BCUT2D eigenvalue weighted by atomic mass is 32.2. The summed E-state index contributed by atoms with van der Waals surface area (Å²) in [5.41, 5.74) is -1.11. The van der Waals surface area contributed by atoms with Crippen molar-refractivity contribution in [1.82, 2.24) is 15.0 Å². The molecule has 0 saturated carbocycles. The molecule has 9 heteroatoms. The molecule has 2 rings (SSSR count). The van der Waals surface area contributed by atoms with Crippen LogP contribution in [-0.2, 0) is 16.2 Å². The predicted molar refractivity (Wildman–Crippen MR) is 70.0 cm³/mol. The second kappa shape index (κ2) is 6.29. The molecule has 0 aliphatic carbocycles. The Balaban J connectivity index is 1.95. The highest BCUT2D eigenvalue weighted by Gasteiger charge is 2.32. The van der Waals surface area contributed by atoms with E-state index in [-0.39, 0.29) is 11.4 Å². The van der Waals surface area contributed by atoms with Gasteiger partial charge < -0.3 is 5.32 Å². The number of aromatic nitrogens is 1. The lowest BCUT2D eigenvalue weighted by Gasteiger charge is -2.10. The Hall–Kier alpha value is -1.19. The van der Waals surface area contributed by atoms with Crippen molar-refractivity contribution in [3.63, 3.8) is 0 Å². The zero-order valence-corrected chi connectivity index (χ0v) is 12.0. The van der Waals surface area contributed by atoms with Crippen LogP contribution >= 0.6 is 0 Å². The molecule has 1 saturated heterocycles. The van der Waals surface area contributed by atoms with Gasteiger partial charge in [-0.25, -0.2) is 13.1 Å². The van der Waals surface area contributed by atoms with Gasteiger partial charge in [0, 0.05) is 12.7 Å². The van der Waals surface area contributed by atoms with Gasteiger partial charge in [0.05, 0.1) is 0 Å². The summed E-state index contributed by atoms with van der Waals surface area (Å²) in [7, 11) is -3.81. The van der Waals surface area contributed by atoms with Crippen molar-refractivity contribution in [2.45, 2.75) is 23.9 Å². The van der Waals surface area contributed by atoms with Crippen molar-refractivity contribution in [1.29, 1.82) is 0 Å². The van der Waals surface area contributed by atoms with E-state index in [0.29, 0.717) is 18.4 Å². The Morgan fingerprint density at radius 1 is 1.38 bits per heavy atom. The van der Waals surface area contributed by atoms with Crippen LogP contribution in [0.5, 0.6) is 0 Å². The van der Waals surface area contributed by atoms with Gasteiger partial charge in [-0.2, -0.15) is 13.2 Å². The molecule has 2 heterocycles. The smallest absolute Gasteiger partial charge is 0.316 e. The van der Waals surface area contributed by atoms with E-state index < -0.39 is 21.9 Å². The Morgan fingerprint density at radius 3 is 2.67 bits per heavy atom. The number of sulfonamides is 1. The summed E-state index contributed by atoms with van der Waals surface area (Å²) < 4.78 is 63.3. The Morgan fingerprint density at radius 2 is 2.14 bits per heavy atom. The molecule has 118 valence electrons. The number of alkyl halides is 3. The van der Waals surface area contributed by atoms with Crippen LogP contribution in [0.4, 0.5) is 13.2 Å². The minimum absolute atomic E-state index is 0.260. The third-order valence-corrected chi connectivity index (χ3v) is 4.79. The first kappa shape index (κ1) is 16.2. The van der Waals surface area contributed by atoms with Gasteiger partial charge in [0.2, 0.25) is 10.0 Å². The molecule has 0 spiro atoms. The van der Waals surface area contributed by atoms with Crippen LogP contribution in [0.3, 0.4) is 0 Å². The van der Waals surface area contributed by atoms with Crippen molar-refractivity contribution in [2.75, 3.05) is 19.6 Å². The average molecular weight is 323 g/mol. The monoisotopic (exact) mass is 323 g/mol. The lowest BCUT2D eigenvalue weighted by Crippen LogP contribution is -2.27. The van der Waals surface area contributed by atoms with Crippen LogP contribution in [0.15, 0.2) is 23.2 Å². The van der Waals surface area contributed by atoms with Gasteiger partial charge in [0.15, 0.2) is 0 Å². The largest absolute Gasteiger partial charge is 0.433 e.